The highest BCUT2D eigenvalue weighted by Gasteiger charge is 2.15. The molecule has 7 nitrogen and oxygen atoms in total. The van der Waals surface area contributed by atoms with Crippen LogP contribution in [0.15, 0.2) is 66.9 Å². The van der Waals surface area contributed by atoms with E-state index < -0.39 is 11.9 Å². The van der Waals surface area contributed by atoms with Gasteiger partial charge in [0.15, 0.2) is 0 Å². The van der Waals surface area contributed by atoms with Crippen LogP contribution >= 0.6 is 0 Å². The van der Waals surface area contributed by atoms with E-state index in [0.717, 1.165) is 0 Å². The van der Waals surface area contributed by atoms with E-state index in [-0.39, 0.29) is 11.3 Å². The number of nitriles is 1. The number of aromatic nitrogens is 1. The minimum absolute atomic E-state index is 0.152. The van der Waals surface area contributed by atoms with Crippen LogP contribution < -0.4 is 10.6 Å². The Morgan fingerprint density at radius 1 is 1.04 bits per heavy atom. The number of carbonyl (C=O) groups excluding carboxylic acids is 2. The zero-order chi connectivity index (χ0) is 19.9. The molecule has 28 heavy (non-hydrogen) atoms. The number of hydrogen-bond acceptors (Lipinski definition) is 6. The molecule has 0 unspecified atom stereocenters. The lowest BCUT2D eigenvalue weighted by Crippen LogP contribution is -2.16. The lowest BCUT2D eigenvalue weighted by molar-refractivity contribution is 0.0602. The van der Waals surface area contributed by atoms with Crippen LogP contribution in [-0.4, -0.2) is 24.0 Å². The topological polar surface area (TPSA) is 104 Å². The molecule has 1 amide bonds. The molecule has 0 atom stereocenters. The highest BCUT2D eigenvalue weighted by molar-refractivity contribution is 6.07. The molecule has 7 heteroatoms. The van der Waals surface area contributed by atoms with Crippen molar-refractivity contribution < 1.29 is 14.3 Å². The first-order valence-electron chi connectivity index (χ1n) is 8.33. The summed E-state index contributed by atoms with van der Waals surface area (Å²) in [4.78, 5) is 28.5. The van der Waals surface area contributed by atoms with Gasteiger partial charge in [-0.1, -0.05) is 24.3 Å². The van der Waals surface area contributed by atoms with Gasteiger partial charge in [0.2, 0.25) is 0 Å². The molecule has 0 saturated heterocycles. The number of anilines is 3. The molecular weight excluding hydrogens is 356 g/mol. The second-order valence-corrected chi connectivity index (χ2v) is 5.70. The summed E-state index contributed by atoms with van der Waals surface area (Å²) < 4.78 is 4.73. The molecular formula is C21H16N4O3. The van der Waals surface area contributed by atoms with E-state index in [4.69, 9.17) is 4.74 Å². The predicted molar refractivity (Wildman–Crippen MR) is 104 cm³/mol. The van der Waals surface area contributed by atoms with Crippen LogP contribution in [-0.2, 0) is 4.74 Å². The second kappa shape index (κ2) is 8.47. The van der Waals surface area contributed by atoms with Gasteiger partial charge in [-0.05, 0) is 36.4 Å². The van der Waals surface area contributed by atoms with Crippen LogP contribution in [0.5, 0.6) is 0 Å². The average Bonchev–Trinajstić information content (AvgIpc) is 2.74. The molecule has 1 aromatic heterocycles. The van der Waals surface area contributed by atoms with E-state index in [1.807, 2.05) is 6.07 Å². The molecule has 0 aliphatic heterocycles. The molecule has 2 N–H and O–H groups in total. The molecule has 0 aliphatic carbocycles. The summed E-state index contributed by atoms with van der Waals surface area (Å²) in [5, 5.41) is 15.0. The molecule has 0 radical (unpaired) electrons. The van der Waals surface area contributed by atoms with Crippen molar-refractivity contribution in [1.82, 2.24) is 4.98 Å². The number of nitrogens with one attached hydrogen (secondary N) is 2. The SMILES string of the molecule is COC(=O)c1ccccc1NC(=O)c1cc(Nc2ccccc2C#N)ccn1. The Morgan fingerprint density at radius 3 is 2.50 bits per heavy atom. The Morgan fingerprint density at radius 2 is 1.75 bits per heavy atom. The summed E-state index contributed by atoms with van der Waals surface area (Å²) in [6, 6.07) is 18.9. The van der Waals surface area contributed by atoms with Gasteiger partial charge in [-0.2, -0.15) is 5.26 Å². The summed E-state index contributed by atoms with van der Waals surface area (Å²) >= 11 is 0. The third-order valence-electron chi connectivity index (χ3n) is 3.90. The first-order valence-corrected chi connectivity index (χ1v) is 8.33. The van der Waals surface area contributed by atoms with E-state index in [1.165, 1.54) is 13.3 Å². The number of carbonyl (C=O) groups is 2. The third-order valence-corrected chi connectivity index (χ3v) is 3.90. The van der Waals surface area contributed by atoms with Crippen molar-refractivity contribution >= 4 is 28.9 Å². The maximum Gasteiger partial charge on any atom is 0.339 e. The Balaban J connectivity index is 1.82. The highest BCUT2D eigenvalue weighted by Crippen LogP contribution is 2.21. The number of hydrogen-bond donors (Lipinski definition) is 2. The minimum Gasteiger partial charge on any atom is -0.465 e. The van der Waals surface area contributed by atoms with Crippen LogP contribution in [0.1, 0.15) is 26.4 Å². The maximum absolute atomic E-state index is 12.6. The predicted octanol–water partition coefficient (Wildman–Crippen LogP) is 3.74. The van der Waals surface area contributed by atoms with Crippen molar-refractivity contribution in [2.24, 2.45) is 0 Å². The maximum atomic E-state index is 12.6. The van der Waals surface area contributed by atoms with Gasteiger partial charge in [-0.3, -0.25) is 9.78 Å². The summed E-state index contributed by atoms with van der Waals surface area (Å²) in [5.74, 6) is -1.03. The summed E-state index contributed by atoms with van der Waals surface area (Å²) in [6.07, 6.45) is 1.48. The third kappa shape index (κ3) is 4.14. The Hall–Kier alpha value is -4.18. The number of amides is 1. The Kier molecular flexibility index (Phi) is 5.63. The number of para-hydroxylation sites is 2. The van der Waals surface area contributed by atoms with E-state index in [9.17, 15) is 14.9 Å². The van der Waals surface area contributed by atoms with Crippen molar-refractivity contribution in [3.63, 3.8) is 0 Å². The molecule has 0 bridgehead atoms. The van der Waals surface area contributed by atoms with E-state index in [0.29, 0.717) is 22.6 Å². The summed E-state index contributed by atoms with van der Waals surface area (Å²) in [5.41, 5.74) is 2.43. The largest absolute Gasteiger partial charge is 0.465 e. The minimum atomic E-state index is -0.549. The monoisotopic (exact) mass is 372 g/mol. The second-order valence-electron chi connectivity index (χ2n) is 5.70. The number of rotatable bonds is 5. The molecule has 138 valence electrons. The van der Waals surface area contributed by atoms with Crippen LogP contribution in [0.3, 0.4) is 0 Å². The Bertz CT molecular complexity index is 1070. The zero-order valence-corrected chi connectivity index (χ0v) is 15.0. The summed E-state index contributed by atoms with van der Waals surface area (Å²) in [6.45, 7) is 0. The number of pyridine rings is 1. The van der Waals surface area contributed by atoms with Gasteiger partial charge in [0.05, 0.1) is 29.6 Å². The fraction of sp³-hybridized carbons (Fsp3) is 0.0476. The van der Waals surface area contributed by atoms with Crippen molar-refractivity contribution in [3.8, 4) is 6.07 Å². The fourth-order valence-corrected chi connectivity index (χ4v) is 2.54. The van der Waals surface area contributed by atoms with Gasteiger partial charge in [0.1, 0.15) is 11.8 Å². The smallest absolute Gasteiger partial charge is 0.339 e. The zero-order valence-electron chi connectivity index (χ0n) is 15.0. The molecule has 1 heterocycles. The van der Waals surface area contributed by atoms with Gasteiger partial charge in [-0.25, -0.2) is 4.79 Å². The van der Waals surface area contributed by atoms with Crippen LogP contribution in [0, 0.1) is 11.3 Å². The number of benzene rings is 2. The quantitative estimate of drug-likeness (QED) is 0.661. The first-order chi connectivity index (χ1) is 13.6. The number of ether oxygens (including phenoxy) is 1. The van der Waals surface area contributed by atoms with Crippen molar-refractivity contribution in [3.05, 3.63) is 83.7 Å². The van der Waals surface area contributed by atoms with E-state index in [1.54, 1.807) is 54.6 Å². The van der Waals surface area contributed by atoms with Gasteiger partial charge in [-0.15, -0.1) is 0 Å². The number of nitrogens with zero attached hydrogens (tertiary/aromatic N) is 2. The fourth-order valence-electron chi connectivity index (χ4n) is 2.54. The van der Waals surface area contributed by atoms with Crippen LogP contribution in [0.25, 0.3) is 0 Å². The van der Waals surface area contributed by atoms with Crippen molar-refractivity contribution in [1.29, 1.82) is 5.26 Å². The van der Waals surface area contributed by atoms with Gasteiger partial charge in [0.25, 0.3) is 5.91 Å². The molecule has 3 rings (SSSR count). The summed E-state index contributed by atoms with van der Waals surface area (Å²) in [7, 11) is 1.27. The van der Waals surface area contributed by atoms with Gasteiger partial charge >= 0.3 is 5.97 Å². The molecule has 0 spiro atoms. The van der Waals surface area contributed by atoms with Crippen LogP contribution in [0.2, 0.25) is 0 Å². The van der Waals surface area contributed by atoms with E-state index in [2.05, 4.69) is 21.7 Å². The molecule has 3 aromatic rings. The normalized spacial score (nSPS) is 9.86. The average molecular weight is 372 g/mol. The van der Waals surface area contributed by atoms with E-state index >= 15 is 0 Å². The number of esters is 1. The van der Waals surface area contributed by atoms with Gasteiger partial charge in [0, 0.05) is 11.9 Å². The molecule has 0 aliphatic rings. The standard InChI is InChI=1S/C21H16N4O3/c1-28-21(27)16-7-3-5-9-18(16)25-20(26)19-12-15(10-11-23-19)24-17-8-4-2-6-14(17)13-22/h2-12H,1H3,(H,23,24)(H,25,26). The number of methoxy groups -OCH3 is 1. The molecule has 0 saturated carbocycles. The van der Waals surface area contributed by atoms with Crippen molar-refractivity contribution in [2.75, 3.05) is 17.7 Å². The highest BCUT2D eigenvalue weighted by atomic mass is 16.5. The molecule has 0 fully saturated rings. The lowest BCUT2D eigenvalue weighted by atomic mass is 10.1. The van der Waals surface area contributed by atoms with Gasteiger partial charge < -0.3 is 15.4 Å². The van der Waals surface area contributed by atoms with Crippen LogP contribution in [0.4, 0.5) is 17.1 Å². The molecule has 2 aromatic carbocycles. The van der Waals surface area contributed by atoms with Crippen molar-refractivity contribution in [2.45, 2.75) is 0 Å². The lowest BCUT2D eigenvalue weighted by Gasteiger charge is -2.11. The Labute approximate surface area is 161 Å². The first kappa shape index (κ1) is 18.6.